The standard InChI is InChI=1S/C9H14O5/c1-6(10)13-9(14-7(2)11)8-3-4-12-5-8/h8-9H,3-5H2,1-2H3. The molecule has 1 aliphatic heterocycles. The fourth-order valence-electron chi connectivity index (χ4n) is 1.31. The normalized spacial score (nSPS) is 20.9. The average molecular weight is 202 g/mol. The van der Waals surface area contributed by atoms with Crippen LogP contribution in [0.15, 0.2) is 0 Å². The van der Waals surface area contributed by atoms with Gasteiger partial charge in [-0.15, -0.1) is 0 Å². The smallest absolute Gasteiger partial charge is 0.305 e. The van der Waals surface area contributed by atoms with Crippen LogP contribution >= 0.6 is 0 Å². The zero-order chi connectivity index (χ0) is 10.6. The fourth-order valence-corrected chi connectivity index (χ4v) is 1.31. The first-order chi connectivity index (χ1) is 6.59. The van der Waals surface area contributed by atoms with Gasteiger partial charge in [0, 0.05) is 20.5 Å². The van der Waals surface area contributed by atoms with Crippen LogP contribution in [-0.4, -0.2) is 31.4 Å². The first kappa shape index (κ1) is 11.0. The van der Waals surface area contributed by atoms with E-state index in [0.717, 1.165) is 6.42 Å². The number of ether oxygens (including phenoxy) is 3. The second-order valence-corrected chi connectivity index (χ2v) is 3.21. The molecule has 0 bridgehead atoms. The van der Waals surface area contributed by atoms with E-state index in [1.165, 1.54) is 13.8 Å². The van der Waals surface area contributed by atoms with E-state index in [4.69, 9.17) is 14.2 Å². The molecular formula is C9H14O5. The number of carbonyl (C=O) groups excluding carboxylic acids is 2. The maximum absolute atomic E-state index is 10.7. The van der Waals surface area contributed by atoms with Crippen LogP contribution in [0.25, 0.3) is 0 Å². The molecule has 1 unspecified atom stereocenters. The summed E-state index contributed by atoms with van der Waals surface area (Å²) < 4.78 is 14.9. The highest BCUT2D eigenvalue weighted by molar-refractivity contribution is 5.68. The molecular weight excluding hydrogens is 188 g/mol. The predicted molar refractivity (Wildman–Crippen MR) is 46.2 cm³/mol. The van der Waals surface area contributed by atoms with Gasteiger partial charge in [-0.25, -0.2) is 0 Å². The Labute approximate surface area is 82.3 Å². The molecule has 0 spiro atoms. The summed E-state index contributed by atoms with van der Waals surface area (Å²) >= 11 is 0. The molecule has 1 aliphatic rings. The molecule has 0 N–H and O–H groups in total. The third kappa shape index (κ3) is 3.33. The van der Waals surface area contributed by atoms with Gasteiger partial charge in [0.25, 0.3) is 6.29 Å². The number of hydrogen-bond donors (Lipinski definition) is 0. The van der Waals surface area contributed by atoms with E-state index in [-0.39, 0.29) is 5.92 Å². The van der Waals surface area contributed by atoms with Crippen molar-refractivity contribution in [1.82, 2.24) is 0 Å². The topological polar surface area (TPSA) is 61.8 Å². The van der Waals surface area contributed by atoms with Gasteiger partial charge >= 0.3 is 11.9 Å². The molecule has 1 fully saturated rings. The quantitative estimate of drug-likeness (QED) is 0.492. The number of rotatable bonds is 3. The minimum absolute atomic E-state index is 0.0391. The Balaban J connectivity index is 2.50. The van der Waals surface area contributed by atoms with Crippen molar-refractivity contribution < 1.29 is 23.8 Å². The van der Waals surface area contributed by atoms with E-state index < -0.39 is 18.2 Å². The van der Waals surface area contributed by atoms with Gasteiger partial charge in [-0.3, -0.25) is 9.59 Å². The largest absolute Gasteiger partial charge is 0.425 e. The zero-order valence-electron chi connectivity index (χ0n) is 8.32. The molecule has 0 amide bonds. The molecule has 0 aromatic carbocycles. The summed E-state index contributed by atoms with van der Waals surface area (Å²) in [5.41, 5.74) is 0. The first-order valence-corrected chi connectivity index (χ1v) is 4.52. The van der Waals surface area contributed by atoms with Crippen LogP contribution in [-0.2, 0) is 23.8 Å². The molecule has 14 heavy (non-hydrogen) atoms. The van der Waals surface area contributed by atoms with Crippen LogP contribution in [0.4, 0.5) is 0 Å². The van der Waals surface area contributed by atoms with E-state index in [1.807, 2.05) is 0 Å². The molecule has 1 atom stereocenters. The summed E-state index contributed by atoms with van der Waals surface area (Å²) in [4.78, 5) is 21.5. The van der Waals surface area contributed by atoms with Gasteiger partial charge in [-0.05, 0) is 6.42 Å². The van der Waals surface area contributed by atoms with Crippen molar-refractivity contribution in [3.05, 3.63) is 0 Å². The maximum atomic E-state index is 10.7. The van der Waals surface area contributed by atoms with Crippen LogP contribution in [0.5, 0.6) is 0 Å². The Hall–Kier alpha value is -1.10. The third-order valence-electron chi connectivity index (χ3n) is 1.91. The molecule has 5 nitrogen and oxygen atoms in total. The van der Waals surface area contributed by atoms with Gasteiger partial charge in [0.15, 0.2) is 0 Å². The van der Waals surface area contributed by atoms with Crippen molar-refractivity contribution in [3.8, 4) is 0 Å². The highest BCUT2D eigenvalue weighted by Gasteiger charge is 2.30. The SMILES string of the molecule is CC(=O)OC(OC(C)=O)C1CCOC1. The highest BCUT2D eigenvalue weighted by Crippen LogP contribution is 2.20. The lowest BCUT2D eigenvalue weighted by atomic mass is 10.1. The predicted octanol–water partition coefficient (Wildman–Crippen LogP) is 0.475. The Morgan fingerprint density at radius 1 is 1.29 bits per heavy atom. The second kappa shape index (κ2) is 4.95. The summed E-state index contributed by atoms with van der Waals surface area (Å²) in [5, 5.41) is 0. The molecule has 1 saturated heterocycles. The molecule has 0 aromatic rings. The monoisotopic (exact) mass is 202 g/mol. The average Bonchev–Trinajstić information content (AvgIpc) is 2.52. The Bertz CT molecular complexity index is 203. The lowest BCUT2D eigenvalue weighted by Crippen LogP contribution is -2.31. The number of esters is 2. The maximum Gasteiger partial charge on any atom is 0.305 e. The van der Waals surface area contributed by atoms with Gasteiger partial charge in [-0.2, -0.15) is 0 Å². The Morgan fingerprint density at radius 3 is 2.21 bits per heavy atom. The summed E-state index contributed by atoms with van der Waals surface area (Å²) in [5.74, 6) is -0.950. The van der Waals surface area contributed by atoms with Crippen LogP contribution in [0.3, 0.4) is 0 Å². The number of hydrogen-bond acceptors (Lipinski definition) is 5. The highest BCUT2D eigenvalue weighted by atomic mass is 16.7. The first-order valence-electron chi connectivity index (χ1n) is 4.52. The molecule has 5 heteroatoms. The fraction of sp³-hybridized carbons (Fsp3) is 0.778. The lowest BCUT2D eigenvalue weighted by Gasteiger charge is -2.20. The van der Waals surface area contributed by atoms with E-state index in [2.05, 4.69) is 0 Å². The molecule has 0 radical (unpaired) electrons. The van der Waals surface area contributed by atoms with Crippen molar-refractivity contribution >= 4 is 11.9 Å². The van der Waals surface area contributed by atoms with Crippen LogP contribution in [0, 0.1) is 5.92 Å². The van der Waals surface area contributed by atoms with Crippen LogP contribution < -0.4 is 0 Å². The van der Waals surface area contributed by atoms with Crippen LogP contribution in [0.1, 0.15) is 20.3 Å². The minimum atomic E-state index is -0.799. The van der Waals surface area contributed by atoms with Crippen molar-refractivity contribution in [1.29, 1.82) is 0 Å². The van der Waals surface area contributed by atoms with Crippen molar-refractivity contribution in [2.24, 2.45) is 5.92 Å². The minimum Gasteiger partial charge on any atom is -0.425 e. The second-order valence-electron chi connectivity index (χ2n) is 3.21. The van der Waals surface area contributed by atoms with Crippen LogP contribution in [0.2, 0.25) is 0 Å². The third-order valence-corrected chi connectivity index (χ3v) is 1.91. The van der Waals surface area contributed by atoms with Crippen molar-refractivity contribution in [3.63, 3.8) is 0 Å². The van der Waals surface area contributed by atoms with Crippen molar-refractivity contribution in [2.45, 2.75) is 26.6 Å². The van der Waals surface area contributed by atoms with E-state index in [0.29, 0.717) is 13.2 Å². The summed E-state index contributed by atoms with van der Waals surface area (Å²) in [6.45, 7) is 3.65. The van der Waals surface area contributed by atoms with E-state index >= 15 is 0 Å². The van der Waals surface area contributed by atoms with Gasteiger partial charge < -0.3 is 14.2 Å². The molecule has 0 aliphatic carbocycles. The number of carbonyl (C=O) groups is 2. The molecule has 1 rings (SSSR count). The molecule has 0 saturated carbocycles. The zero-order valence-corrected chi connectivity index (χ0v) is 8.32. The molecule has 0 aromatic heterocycles. The van der Waals surface area contributed by atoms with E-state index in [1.54, 1.807) is 0 Å². The van der Waals surface area contributed by atoms with Gasteiger partial charge in [0.2, 0.25) is 0 Å². The van der Waals surface area contributed by atoms with E-state index in [9.17, 15) is 9.59 Å². The van der Waals surface area contributed by atoms with Crippen molar-refractivity contribution in [2.75, 3.05) is 13.2 Å². The van der Waals surface area contributed by atoms with Gasteiger partial charge in [0.1, 0.15) is 0 Å². The Kier molecular flexibility index (Phi) is 3.88. The van der Waals surface area contributed by atoms with Gasteiger partial charge in [0.05, 0.1) is 12.5 Å². The summed E-state index contributed by atoms with van der Waals surface area (Å²) in [7, 11) is 0. The van der Waals surface area contributed by atoms with Gasteiger partial charge in [-0.1, -0.05) is 0 Å². The Morgan fingerprint density at radius 2 is 1.86 bits per heavy atom. The summed E-state index contributed by atoms with van der Waals surface area (Å²) in [6, 6.07) is 0. The molecule has 80 valence electrons. The summed E-state index contributed by atoms with van der Waals surface area (Å²) in [6.07, 6.45) is -0.0573. The lowest BCUT2D eigenvalue weighted by molar-refractivity contribution is -0.194. The molecule has 1 heterocycles.